The Hall–Kier alpha value is -1.13. The number of para-hydroxylation sites is 1. The Morgan fingerprint density at radius 1 is 1.18 bits per heavy atom. The Morgan fingerprint density at radius 3 is 2.73 bits per heavy atom. The normalized spacial score (nSPS) is 23.7. The fourth-order valence-corrected chi connectivity index (χ4v) is 3.56. The zero-order chi connectivity index (χ0) is 15.2. The first kappa shape index (κ1) is 15.8. The maximum Gasteiger partial charge on any atom is 0.146 e. The van der Waals surface area contributed by atoms with Gasteiger partial charge in [-0.3, -0.25) is 0 Å². The van der Waals surface area contributed by atoms with Gasteiger partial charge in [0.1, 0.15) is 5.82 Å². The van der Waals surface area contributed by atoms with Crippen LogP contribution in [0.25, 0.3) is 0 Å². The smallest absolute Gasteiger partial charge is 0.146 e. The summed E-state index contributed by atoms with van der Waals surface area (Å²) in [7, 11) is 0. The van der Waals surface area contributed by atoms with Gasteiger partial charge >= 0.3 is 0 Å². The van der Waals surface area contributed by atoms with Gasteiger partial charge in [0, 0.05) is 32.3 Å². The van der Waals surface area contributed by atoms with Crippen LogP contribution in [0.1, 0.15) is 32.1 Å². The second-order valence-corrected chi connectivity index (χ2v) is 6.54. The van der Waals surface area contributed by atoms with Crippen molar-refractivity contribution in [1.82, 2.24) is 5.32 Å². The molecule has 0 bridgehead atoms. The maximum absolute atomic E-state index is 13.8. The molecule has 0 aliphatic carbocycles. The molecule has 1 aromatic carbocycles. The van der Waals surface area contributed by atoms with E-state index in [1.807, 2.05) is 12.1 Å². The lowest BCUT2D eigenvalue weighted by Gasteiger charge is -2.34. The van der Waals surface area contributed by atoms with Crippen LogP contribution in [-0.2, 0) is 4.74 Å². The van der Waals surface area contributed by atoms with Crippen molar-refractivity contribution in [3.8, 4) is 0 Å². The number of benzene rings is 1. The molecule has 2 aliphatic heterocycles. The second-order valence-electron chi connectivity index (χ2n) is 6.54. The van der Waals surface area contributed by atoms with Crippen LogP contribution in [0.15, 0.2) is 24.3 Å². The number of nitrogens with zero attached hydrogens (tertiary/aromatic N) is 1. The Morgan fingerprint density at radius 2 is 2.00 bits per heavy atom. The topological polar surface area (TPSA) is 24.5 Å². The summed E-state index contributed by atoms with van der Waals surface area (Å²) in [5.74, 6) is 0.631. The van der Waals surface area contributed by atoms with Crippen molar-refractivity contribution in [2.45, 2.75) is 38.1 Å². The molecule has 0 amide bonds. The number of ether oxygens (including phenoxy) is 1. The van der Waals surface area contributed by atoms with E-state index in [0.717, 1.165) is 57.3 Å². The number of hydrogen-bond acceptors (Lipinski definition) is 3. The molecule has 2 saturated heterocycles. The van der Waals surface area contributed by atoms with Crippen LogP contribution in [-0.4, -0.2) is 38.9 Å². The molecule has 122 valence electrons. The molecule has 0 aromatic heterocycles. The highest BCUT2D eigenvalue weighted by Crippen LogP contribution is 2.23. The predicted molar refractivity (Wildman–Crippen MR) is 87.8 cm³/mol. The standard InChI is InChI=1S/C18H27FN2O/c19-17-5-1-2-6-18(17)21-11-8-16(9-12-21)20-10-7-15-4-3-13-22-14-15/h1-2,5-6,15-16,20H,3-4,7-14H2/t15-/m1/s1. The molecule has 3 nitrogen and oxygen atoms in total. The number of rotatable bonds is 5. The summed E-state index contributed by atoms with van der Waals surface area (Å²) >= 11 is 0. The van der Waals surface area contributed by atoms with Gasteiger partial charge in [-0.2, -0.15) is 0 Å². The molecular weight excluding hydrogens is 279 g/mol. The Labute approximate surface area is 132 Å². The third-order valence-corrected chi connectivity index (χ3v) is 4.93. The van der Waals surface area contributed by atoms with E-state index in [1.54, 1.807) is 12.1 Å². The lowest BCUT2D eigenvalue weighted by atomic mass is 9.98. The molecule has 0 spiro atoms. The lowest BCUT2D eigenvalue weighted by Crippen LogP contribution is -2.43. The van der Waals surface area contributed by atoms with E-state index in [4.69, 9.17) is 4.74 Å². The first-order valence-corrected chi connectivity index (χ1v) is 8.63. The van der Waals surface area contributed by atoms with Gasteiger partial charge in [0.25, 0.3) is 0 Å². The van der Waals surface area contributed by atoms with Gasteiger partial charge in [-0.15, -0.1) is 0 Å². The van der Waals surface area contributed by atoms with Crippen LogP contribution < -0.4 is 10.2 Å². The van der Waals surface area contributed by atoms with Crippen LogP contribution in [0.2, 0.25) is 0 Å². The van der Waals surface area contributed by atoms with Crippen LogP contribution in [0.3, 0.4) is 0 Å². The van der Waals surface area contributed by atoms with Gasteiger partial charge < -0.3 is 15.0 Å². The third-order valence-electron chi connectivity index (χ3n) is 4.93. The Bertz CT molecular complexity index is 454. The van der Waals surface area contributed by atoms with Gasteiger partial charge in [0.05, 0.1) is 5.69 Å². The fourth-order valence-electron chi connectivity index (χ4n) is 3.56. The van der Waals surface area contributed by atoms with Crippen LogP contribution in [0, 0.1) is 11.7 Å². The average molecular weight is 306 g/mol. The summed E-state index contributed by atoms with van der Waals surface area (Å²) in [6, 6.07) is 7.67. The summed E-state index contributed by atoms with van der Waals surface area (Å²) in [6.45, 7) is 4.83. The number of anilines is 1. The number of piperidine rings is 1. The van der Waals surface area contributed by atoms with Gasteiger partial charge in [-0.1, -0.05) is 12.1 Å². The first-order valence-electron chi connectivity index (χ1n) is 8.63. The molecule has 0 saturated carbocycles. The molecule has 2 heterocycles. The SMILES string of the molecule is Fc1ccccc1N1CCC(NCC[C@H]2CCCOC2)CC1. The minimum atomic E-state index is -0.105. The van der Waals surface area contributed by atoms with E-state index in [-0.39, 0.29) is 5.82 Å². The summed E-state index contributed by atoms with van der Waals surface area (Å²) in [4.78, 5) is 2.17. The number of hydrogen-bond donors (Lipinski definition) is 1. The van der Waals surface area contributed by atoms with Gasteiger partial charge in [0.2, 0.25) is 0 Å². The van der Waals surface area contributed by atoms with Gasteiger partial charge in [0.15, 0.2) is 0 Å². The monoisotopic (exact) mass is 306 g/mol. The molecule has 22 heavy (non-hydrogen) atoms. The number of nitrogens with one attached hydrogen (secondary N) is 1. The Balaban J connectivity index is 1.37. The second kappa shape index (κ2) is 7.93. The van der Waals surface area contributed by atoms with Crippen molar-refractivity contribution >= 4 is 5.69 Å². The van der Waals surface area contributed by atoms with Crippen LogP contribution in [0.5, 0.6) is 0 Å². The summed E-state index contributed by atoms with van der Waals surface area (Å²) in [6.07, 6.45) is 5.93. The molecule has 0 radical (unpaired) electrons. The van der Waals surface area contributed by atoms with Crippen LogP contribution >= 0.6 is 0 Å². The molecule has 1 aromatic rings. The van der Waals surface area contributed by atoms with Crippen molar-refractivity contribution in [3.05, 3.63) is 30.1 Å². The quantitative estimate of drug-likeness (QED) is 0.904. The van der Waals surface area contributed by atoms with Gasteiger partial charge in [-0.25, -0.2) is 4.39 Å². The van der Waals surface area contributed by atoms with E-state index in [2.05, 4.69) is 10.2 Å². The molecule has 0 unspecified atom stereocenters. The van der Waals surface area contributed by atoms with E-state index in [1.165, 1.54) is 19.3 Å². The summed E-state index contributed by atoms with van der Waals surface area (Å²) in [5, 5.41) is 3.68. The summed E-state index contributed by atoms with van der Waals surface area (Å²) in [5.41, 5.74) is 0.750. The van der Waals surface area contributed by atoms with E-state index in [9.17, 15) is 4.39 Å². The predicted octanol–water partition coefficient (Wildman–Crippen LogP) is 3.20. The van der Waals surface area contributed by atoms with Crippen LogP contribution in [0.4, 0.5) is 10.1 Å². The van der Waals surface area contributed by atoms with E-state index in [0.29, 0.717) is 6.04 Å². The zero-order valence-electron chi connectivity index (χ0n) is 13.3. The summed E-state index contributed by atoms with van der Waals surface area (Å²) < 4.78 is 19.3. The van der Waals surface area contributed by atoms with Crippen molar-refractivity contribution in [1.29, 1.82) is 0 Å². The highest BCUT2D eigenvalue weighted by molar-refractivity contribution is 5.47. The van der Waals surface area contributed by atoms with Crippen molar-refractivity contribution < 1.29 is 9.13 Å². The third kappa shape index (κ3) is 4.20. The molecule has 1 N–H and O–H groups in total. The van der Waals surface area contributed by atoms with Gasteiger partial charge in [-0.05, 0) is 56.7 Å². The largest absolute Gasteiger partial charge is 0.381 e. The highest BCUT2D eigenvalue weighted by atomic mass is 19.1. The van der Waals surface area contributed by atoms with Crippen molar-refractivity contribution in [2.75, 3.05) is 37.7 Å². The molecule has 2 aliphatic rings. The van der Waals surface area contributed by atoms with E-state index < -0.39 is 0 Å². The molecule has 2 fully saturated rings. The van der Waals surface area contributed by atoms with Crippen molar-refractivity contribution in [3.63, 3.8) is 0 Å². The molecule has 3 rings (SSSR count). The first-order chi connectivity index (χ1) is 10.8. The minimum Gasteiger partial charge on any atom is -0.381 e. The molecule has 4 heteroatoms. The Kier molecular flexibility index (Phi) is 5.68. The zero-order valence-corrected chi connectivity index (χ0v) is 13.3. The minimum absolute atomic E-state index is 0.105. The maximum atomic E-state index is 13.8. The molecular formula is C18H27FN2O. The molecule has 1 atom stereocenters. The van der Waals surface area contributed by atoms with Crippen molar-refractivity contribution in [2.24, 2.45) is 5.92 Å². The number of halogens is 1. The fraction of sp³-hybridized carbons (Fsp3) is 0.667. The lowest BCUT2D eigenvalue weighted by molar-refractivity contribution is 0.0514. The highest BCUT2D eigenvalue weighted by Gasteiger charge is 2.21. The van der Waals surface area contributed by atoms with E-state index >= 15 is 0 Å². The average Bonchev–Trinajstić information content (AvgIpc) is 2.57.